The van der Waals surface area contributed by atoms with Gasteiger partial charge < -0.3 is 15.0 Å². The van der Waals surface area contributed by atoms with E-state index in [2.05, 4.69) is 31.8 Å². The molecule has 96 valence electrons. The highest BCUT2D eigenvalue weighted by atomic mass is 32.1. The Kier molecular flexibility index (Phi) is 15.8. The number of hydrogen-bond donors (Lipinski definition) is 2. The lowest BCUT2D eigenvalue weighted by molar-refractivity contribution is -0.108. The molecule has 0 aliphatic rings. The second-order valence-corrected chi connectivity index (χ2v) is 3.69. The van der Waals surface area contributed by atoms with Crippen LogP contribution in [0.4, 0.5) is 4.79 Å². The van der Waals surface area contributed by atoms with Crippen LogP contribution in [0, 0.1) is 0 Å². The number of nitrogens with one attached hydrogen (secondary N) is 1. The largest absolute Gasteiger partial charge is 0.341 e. The fourth-order valence-electron chi connectivity index (χ4n) is 0.785. The van der Waals surface area contributed by atoms with E-state index in [0.717, 1.165) is 6.42 Å². The zero-order valence-corrected chi connectivity index (χ0v) is 11.4. The lowest BCUT2D eigenvalue weighted by atomic mass is 10.4. The summed E-state index contributed by atoms with van der Waals surface area (Å²) in [5, 5.41) is 2.46. The summed E-state index contributed by atoms with van der Waals surface area (Å²) in [6.07, 6.45) is 4.15. The van der Waals surface area contributed by atoms with Crippen molar-refractivity contribution in [3.63, 3.8) is 0 Å². The fraction of sp³-hybridized carbons (Fsp3) is 0.818. The van der Waals surface area contributed by atoms with Gasteiger partial charge in [-0.2, -0.15) is 12.6 Å². The van der Waals surface area contributed by atoms with Gasteiger partial charge >= 0.3 is 6.03 Å². The van der Waals surface area contributed by atoms with Crippen molar-refractivity contribution in [1.29, 1.82) is 0 Å². The molecule has 0 bridgehead atoms. The van der Waals surface area contributed by atoms with Gasteiger partial charge in [0.15, 0.2) is 0 Å². The van der Waals surface area contributed by atoms with Crippen molar-refractivity contribution in [2.24, 2.45) is 0 Å². The van der Waals surface area contributed by atoms with Crippen molar-refractivity contribution < 1.29 is 9.59 Å². The Morgan fingerprint density at radius 2 is 1.94 bits per heavy atom. The third kappa shape index (κ3) is 11.4. The van der Waals surface area contributed by atoms with Crippen LogP contribution in [-0.2, 0) is 4.79 Å². The van der Waals surface area contributed by atoms with Gasteiger partial charge in [0, 0.05) is 13.6 Å². The molecule has 16 heavy (non-hydrogen) atoms. The summed E-state index contributed by atoms with van der Waals surface area (Å²) >= 11 is 4.01. The maximum atomic E-state index is 11.0. The van der Waals surface area contributed by atoms with E-state index in [4.69, 9.17) is 0 Å². The van der Waals surface area contributed by atoms with Gasteiger partial charge in [0.05, 0.1) is 6.54 Å². The molecule has 0 aliphatic carbocycles. The molecule has 0 aromatic heterocycles. The molecule has 0 radical (unpaired) electrons. The van der Waals surface area contributed by atoms with Crippen LogP contribution in [0.2, 0.25) is 0 Å². The number of aldehydes is 1. The van der Waals surface area contributed by atoms with E-state index in [1.807, 2.05) is 0 Å². The summed E-state index contributed by atoms with van der Waals surface area (Å²) in [7, 11) is 1.54. The summed E-state index contributed by atoms with van der Waals surface area (Å²) in [6.45, 7) is 5.08. The number of thiol groups is 1. The number of hydrogen-bond acceptors (Lipinski definition) is 3. The third-order valence-corrected chi connectivity index (χ3v) is 2.20. The monoisotopic (exact) mass is 248 g/mol. The number of carbonyl (C=O) groups is 2. The Hall–Kier alpha value is -0.710. The van der Waals surface area contributed by atoms with Crippen molar-refractivity contribution >= 4 is 24.9 Å². The van der Waals surface area contributed by atoms with Gasteiger partial charge in [0.1, 0.15) is 6.29 Å². The van der Waals surface area contributed by atoms with E-state index in [-0.39, 0.29) is 12.6 Å². The Morgan fingerprint density at radius 1 is 1.38 bits per heavy atom. The van der Waals surface area contributed by atoms with E-state index in [1.54, 1.807) is 7.05 Å². The molecular formula is C11H24N2O2S. The van der Waals surface area contributed by atoms with Crippen LogP contribution < -0.4 is 5.32 Å². The van der Waals surface area contributed by atoms with Crippen LogP contribution in [0.3, 0.4) is 0 Å². The van der Waals surface area contributed by atoms with Crippen molar-refractivity contribution in [2.75, 3.05) is 25.9 Å². The molecule has 0 atom stereocenters. The summed E-state index contributed by atoms with van der Waals surface area (Å²) in [4.78, 5) is 22.6. The number of urea groups is 1. The zero-order chi connectivity index (χ0) is 12.8. The molecule has 0 saturated carbocycles. The summed E-state index contributed by atoms with van der Waals surface area (Å²) in [6, 6.07) is -0.219. The maximum absolute atomic E-state index is 11.0. The van der Waals surface area contributed by atoms with Crippen LogP contribution in [0.25, 0.3) is 0 Å². The van der Waals surface area contributed by atoms with Crippen molar-refractivity contribution in [3.05, 3.63) is 0 Å². The Morgan fingerprint density at radius 3 is 2.25 bits per heavy atom. The average Bonchev–Trinajstić information content (AvgIpc) is 2.33. The van der Waals surface area contributed by atoms with Gasteiger partial charge in [-0.15, -0.1) is 0 Å². The minimum atomic E-state index is -0.219. The predicted molar refractivity (Wildman–Crippen MR) is 71.1 cm³/mol. The number of rotatable bonds is 6. The molecule has 0 spiro atoms. The Bertz CT molecular complexity index is 175. The smallest absolute Gasteiger partial charge is 0.317 e. The van der Waals surface area contributed by atoms with Gasteiger partial charge in [-0.1, -0.05) is 26.7 Å². The lowest BCUT2D eigenvalue weighted by Gasteiger charge is -2.18. The molecule has 4 nitrogen and oxygen atoms in total. The first-order valence-electron chi connectivity index (χ1n) is 5.68. The quantitative estimate of drug-likeness (QED) is 0.557. The van der Waals surface area contributed by atoms with Crippen molar-refractivity contribution in [3.8, 4) is 0 Å². The van der Waals surface area contributed by atoms with Gasteiger partial charge in [-0.05, 0) is 12.2 Å². The summed E-state index contributed by atoms with van der Waals surface area (Å²) in [5.74, 6) is 0.715. The molecule has 0 aromatic rings. The van der Waals surface area contributed by atoms with E-state index in [9.17, 15) is 9.59 Å². The van der Waals surface area contributed by atoms with Crippen molar-refractivity contribution in [2.45, 2.75) is 33.1 Å². The number of nitrogens with zero attached hydrogens (tertiary/aromatic N) is 1. The highest BCUT2D eigenvalue weighted by Gasteiger charge is 2.08. The van der Waals surface area contributed by atoms with Gasteiger partial charge in [0.25, 0.3) is 0 Å². The lowest BCUT2D eigenvalue weighted by Crippen LogP contribution is -2.39. The first-order chi connectivity index (χ1) is 7.67. The van der Waals surface area contributed by atoms with Crippen LogP contribution in [0.1, 0.15) is 33.1 Å². The number of unbranched alkanes of at least 4 members (excludes halogenated alkanes) is 1. The summed E-state index contributed by atoms with van der Waals surface area (Å²) in [5.41, 5.74) is 0. The predicted octanol–water partition coefficient (Wildman–Crippen LogP) is 1.95. The molecule has 0 aliphatic heterocycles. The zero-order valence-electron chi connectivity index (χ0n) is 10.5. The third-order valence-electron chi connectivity index (χ3n) is 1.88. The number of amides is 2. The molecule has 0 unspecified atom stereocenters. The first kappa shape index (κ1) is 17.7. The van der Waals surface area contributed by atoms with Crippen LogP contribution in [0.5, 0.6) is 0 Å². The standard InChI is InChI=1S/C7H14N2O2S.C4H10/c1-8-7(11)9(4-5-10)3-2-6-12;1-3-4-2/h5,12H,2-4,6H2,1H3,(H,8,11);3-4H2,1-2H3. The minimum Gasteiger partial charge on any atom is -0.341 e. The van der Waals surface area contributed by atoms with E-state index in [0.29, 0.717) is 18.6 Å². The fourth-order valence-corrected chi connectivity index (χ4v) is 0.927. The average molecular weight is 248 g/mol. The van der Waals surface area contributed by atoms with E-state index >= 15 is 0 Å². The van der Waals surface area contributed by atoms with Gasteiger partial charge in [-0.3, -0.25) is 0 Å². The molecule has 5 heteroatoms. The first-order valence-corrected chi connectivity index (χ1v) is 6.32. The molecular weight excluding hydrogens is 224 g/mol. The highest BCUT2D eigenvalue weighted by molar-refractivity contribution is 7.80. The molecule has 0 heterocycles. The molecule has 1 N–H and O–H groups in total. The van der Waals surface area contributed by atoms with Gasteiger partial charge in [0.2, 0.25) is 0 Å². The van der Waals surface area contributed by atoms with Crippen LogP contribution in [-0.4, -0.2) is 43.1 Å². The SMILES string of the molecule is CCCC.CNC(=O)N(CC=O)CCCS. The summed E-state index contributed by atoms with van der Waals surface area (Å²) < 4.78 is 0. The highest BCUT2D eigenvalue weighted by Crippen LogP contribution is 1.92. The molecule has 0 aromatic carbocycles. The number of carbonyl (C=O) groups excluding carboxylic acids is 2. The Balaban J connectivity index is 0. The molecule has 0 rings (SSSR count). The normalized spacial score (nSPS) is 8.75. The molecule has 0 saturated heterocycles. The van der Waals surface area contributed by atoms with Gasteiger partial charge in [-0.25, -0.2) is 4.79 Å². The minimum absolute atomic E-state index is 0.146. The second kappa shape index (κ2) is 14.3. The van der Waals surface area contributed by atoms with Crippen LogP contribution in [0.15, 0.2) is 0 Å². The molecule has 0 fully saturated rings. The molecule has 2 amide bonds. The van der Waals surface area contributed by atoms with Crippen LogP contribution >= 0.6 is 12.6 Å². The Labute approximate surface area is 104 Å². The topological polar surface area (TPSA) is 49.4 Å². The maximum Gasteiger partial charge on any atom is 0.317 e. The second-order valence-electron chi connectivity index (χ2n) is 3.24. The van der Waals surface area contributed by atoms with E-state index in [1.165, 1.54) is 17.7 Å². The van der Waals surface area contributed by atoms with Crippen molar-refractivity contribution in [1.82, 2.24) is 10.2 Å². The van der Waals surface area contributed by atoms with E-state index < -0.39 is 0 Å².